The van der Waals surface area contributed by atoms with Crippen LogP contribution in [0.1, 0.15) is 44.6 Å². The first-order chi connectivity index (χ1) is 9.20. The SMILES string of the molecule is CCCN(Cc1ccccc1O)C1CCC(N)CC1. The largest absolute Gasteiger partial charge is 0.508 e. The minimum Gasteiger partial charge on any atom is -0.508 e. The average Bonchev–Trinajstić information content (AvgIpc) is 2.42. The van der Waals surface area contributed by atoms with Gasteiger partial charge in [-0.15, -0.1) is 0 Å². The molecule has 0 radical (unpaired) electrons. The topological polar surface area (TPSA) is 49.5 Å². The van der Waals surface area contributed by atoms with Crippen LogP contribution in [0.5, 0.6) is 5.75 Å². The number of nitrogens with zero attached hydrogens (tertiary/aromatic N) is 1. The van der Waals surface area contributed by atoms with Gasteiger partial charge in [-0.05, 0) is 44.7 Å². The zero-order chi connectivity index (χ0) is 13.7. The van der Waals surface area contributed by atoms with Crippen molar-refractivity contribution in [2.75, 3.05) is 6.54 Å². The molecule has 1 saturated carbocycles. The Morgan fingerprint density at radius 3 is 2.53 bits per heavy atom. The molecular weight excluding hydrogens is 236 g/mol. The Kier molecular flexibility index (Phi) is 5.23. The van der Waals surface area contributed by atoms with Gasteiger partial charge in [-0.25, -0.2) is 0 Å². The molecule has 1 aliphatic rings. The fourth-order valence-corrected chi connectivity index (χ4v) is 3.01. The van der Waals surface area contributed by atoms with E-state index >= 15 is 0 Å². The highest BCUT2D eigenvalue weighted by Gasteiger charge is 2.24. The lowest BCUT2D eigenvalue weighted by atomic mass is 9.90. The van der Waals surface area contributed by atoms with Crippen molar-refractivity contribution >= 4 is 0 Å². The van der Waals surface area contributed by atoms with Crippen molar-refractivity contribution in [3.05, 3.63) is 29.8 Å². The van der Waals surface area contributed by atoms with E-state index in [2.05, 4.69) is 11.8 Å². The first kappa shape index (κ1) is 14.4. The van der Waals surface area contributed by atoms with Gasteiger partial charge in [0.2, 0.25) is 0 Å². The molecule has 0 aliphatic heterocycles. The van der Waals surface area contributed by atoms with E-state index in [9.17, 15) is 5.11 Å². The summed E-state index contributed by atoms with van der Waals surface area (Å²) in [5.74, 6) is 0.413. The Morgan fingerprint density at radius 2 is 1.89 bits per heavy atom. The van der Waals surface area contributed by atoms with E-state index in [0.29, 0.717) is 17.8 Å². The number of aromatic hydroxyl groups is 1. The van der Waals surface area contributed by atoms with Crippen LogP contribution in [0, 0.1) is 0 Å². The molecule has 0 amide bonds. The summed E-state index contributed by atoms with van der Waals surface area (Å²) in [5.41, 5.74) is 7.02. The summed E-state index contributed by atoms with van der Waals surface area (Å²) in [6, 6.07) is 8.69. The molecule has 1 fully saturated rings. The molecular formula is C16H26N2O. The molecule has 19 heavy (non-hydrogen) atoms. The maximum absolute atomic E-state index is 9.92. The van der Waals surface area contributed by atoms with Gasteiger partial charge in [0.1, 0.15) is 5.75 Å². The summed E-state index contributed by atoms with van der Waals surface area (Å²) >= 11 is 0. The second kappa shape index (κ2) is 6.92. The first-order valence-corrected chi connectivity index (χ1v) is 7.47. The average molecular weight is 262 g/mol. The van der Waals surface area contributed by atoms with Gasteiger partial charge in [0.15, 0.2) is 0 Å². The molecule has 1 aromatic rings. The number of benzene rings is 1. The zero-order valence-electron chi connectivity index (χ0n) is 11.9. The third-order valence-electron chi connectivity index (χ3n) is 4.13. The quantitative estimate of drug-likeness (QED) is 0.858. The first-order valence-electron chi connectivity index (χ1n) is 7.47. The number of phenolic OH excluding ortho intramolecular Hbond substituents is 1. The minimum atomic E-state index is 0.393. The van der Waals surface area contributed by atoms with E-state index in [1.54, 1.807) is 6.07 Å². The van der Waals surface area contributed by atoms with Crippen molar-refractivity contribution in [3.63, 3.8) is 0 Å². The van der Waals surface area contributed by atoms with Crippen molar-refractivity contribution in [1.29, 1.82) is 0 Å². The number of nitrogens with two attached hydrogens (primary N) is 1. The van der Waals surface area contributed by atoms with E-state index in [1.165, 1.54) is 12.8 Å². The van der Waals surface area contributed by atoms with Gasteiger partial charge in [0.05, 0.1) is 0 Å². The summed E-state index contributed by atoms with van der Waals surface area (Å²) < 4.78 is 0. The summed E-state index contributed by atoms with van der Waals surface area (Å²) in [6.45, 7) is 4.15. The second-order valence-electron chi connectivity index (χ2n) is 5.67. The Labute approximate surface area is 116 Å². The van der Waals surface area contributed by atoms with Crippen LogP contribution >= 0.6 is 0 Å². The Morgan fingerprint density at radius 1 is 1.21 bits per heavy atom. The molecule has 0 aromatic heterocycles. The summed E-state index contributed by atoms with van der Waals surface area (Å²) in [6.07, 6.45) is 5.79. The lowest BCUT2D eigenvalue weighted by molar-refractivity contribution is 0.141. The maximum Gasteiger partial charge on any atom is 0.120 e. The van der Waals surface area contributed by atoms with Crippen LogP contribution in [0.3, 0.4) is 0 Å². The van der Waals surface area contributed by atoms with Gasteiger partial charge in [0.25, 0.3) is 0 Å². The van der Waals surface area contributed by atoms with Crippen molar-refractivity contribution < 1.29 is 5.11 Å². The van der Waals surface area contributed by atoms with Crippen molar-refractivity contribution in [1.82, 2.24) is 4.90 Å². The standard InChI is InChI=1S/C16H26N2O/c1-2-11-18(15-9-7-14(17)8-10-15)12-13-5-3-4-6-16(13)19/h3-6,14-15,19H,2,7-12,17H2,1H3. The molecule has 0 bridgehead atoms. The Bertz CT molecular complexity index is 386. The number of hydrogen-bond donors (Lipinski definition) is 2. The molecule has 0 saturated heterocycles. The number of para-hydroxylation sites is 1. The van der Waals surface area contributed by atoms with Gasteiger partial charge < -0.3 is 10.8 Å². The fraction of sp³-hybridized carbons (Fsp3) is 0.625. The summed E-state index contributed by atoms with van der Waals surface area (Å²) in [4.78, 5) is 2.51. The van der Waals surface area contributed by atoms with Gasteiger partial charge in [-0.2, -0.15) is 0 Å². The molecule has 1 aliphatic carbocycles. The number of rotatable bonds is 5. The van der Waals surface area contributed by atoms with Crippen LogP contribution in [0.4, 0.5) is 0 Å². The van der Waals surface area contributed by atoms with Crippen molar-refractivity contribution in [2.24, 2.45) is 5.73 Å². The van der Waals surface area contributed by atoms with Gasteiger partial charge in [-0.3, -0.25) is 4.90 Å². The lowest BCUT2D eigenvalue weighted by Crippen LogP contribution is -2.40. The lowest BCUT2D eigenvalue weighted by Gasteiger charge is -2.36. The van der Waals surface area contributed by atoms with E-state index in [4.69, 9.17) is 5.73 Å². The van der Waals surface area contributed by atoms with Gasteiger partial charge in [-0.1, -0.05) is 25.1 Å². The van der Waals surface area contributed by atoms with Crippen LogP contribution < -0.4 is 5.73 Å². The molecule has 0 spiro atoms. The van der Waals surface area contributed by atoms with Crippen LogP contribution in [-0.4, -0.2) is 28.6 Å². The van der Waals surface area contributed by atoms with Crippen LogP contribution in [0.15, 0.2) is 24.3 Å². The monoisotopic (exact) mass is 262 g/mol. The fourth-order valence-electron chi connectivity index (χ4n) is 3.01. The van der Waals surface area contributed by atoms with E-state index < -0.39 is 0 Å². The zero-order valence-corrected chi connectivity index (χ0v) is 11.9. The molecule has 0 heterocycles. The van der Waals surface area contributed by atoms with E-state index in [1.807, 2.05) is 18.2 Å². The third-order valence-corrected chi connectivity index (χ3v) is 4.13. The molecule has 0 atom stereocenters. The molecule has 0 unspecified atom stereocenters. The highest BCUT2D eigenvalue weighted by Crippen LogP contribution is 2.26. The van der Waals surface area contributed by atoms with Crippen LogP contribution in [0.2, 0.25) is 0 Å². The molecule has 3 N–H and O–H groups in total. The Balaban J connectivity index is 2.02. The number of hydrogen-bond acceptors (Lipinski definition) is 3. The molecule has 2 rings (SSSR count). The predicted molar refractivity (Wildman–Crippen MR) is 79.0 cm³/mol. The summed E-state index contributed by atoms with van der Waals surface area (Å²) in [7, 11) is 0. The highest BCUT2D eigenvalue weighted by atomic mass is 16.3. The molecule has 3 heteroatoms. The smallest absolute Gasteiger partial charge is 0.120 e. The van der Waals surface area contributed by atoms with E-state index in [0.717, 1.165) is 37.9 Å². The van der Waals surface area contributed by atoms with Crippen molar-refractivity contribution in [3.8, 4) is 5.75 Å². The molecule has 3 nitrogen and oxygen atoms in total. The van der Waals surface area contributed by atoms with Gasteiger partial charge in [0, 0.05) is 24.2 Å². The minimum absolute atomic E-state index is 0.393. The third kappa shape index (κ3) is 3.95. The summed E-state index contributed by atoms with van der Waals surface area (Å²) in [5, 5.41) is 9.92. The van der Waals surface area contributed by atoms with E-state index in [-0.39, 0.29) is 0 Å². The van der Waals surface area contributed by atoms with Crippen LogP contribution in [-0.2, 0) is 6.54 Å². The predicted octanol–water partition coefficient (Wildman–Crippen LogP) is 2.87. The maximum atomic E-state index is 9.92. The van der Waals surface area contributed by atoms with Gasteiger partial charge >= 0.3 is 0 Å². The Hall–Kier alpha value is -1.06. The second-order valence-corrected chi connectivity index (χ2v) is 5.67. The normalized spacial score (nSPS) is 23.7. The number of phenols is 1. The molecule has 1 aromatic carbocycles. The molecule has 106 valence electrons. The van der Waals surface area contributed by atoms with Crippen molar-refractivity contribution in [2.45, 2.75) is 57.7 Å². The highest BCUT2D eigenvalue weighted by molar-refractivity contribution is 5.31. The van der Waals surface area contributed by atoms with Crippen LogP contribution in [0.25, 0.3) is 0 Å².